The number of alkyl halides is 1. The van der Waals surface area contributed by atoms with Gasteiger partial charge in [0.15, 0.2) is 11.6 Å². The number of nitrogens with two attached hydrogens (primary N) is 1. The smallest absolute Gasteiger partial charge is 0.235 e. The van der Waals surface area contributed by atoms with E-state index in [1.54, 1.807) is 34.9 Å². The molecule has 0 amide bonds. The fraction of sp³-hybridized carbons (Fsp3) is 0.227. The number of rotatable bonds is 6. The maximum Gasteiger partial charge on any atom is 0.235 e. The number of imidazole rings is 1. The molecule has 1 fully saturated rings. The van der Waals surface area contributed by atoms with Crippen molar-refractivity contribution in [1.82, 2.24) is 19.5 Å². The molecule has 32 heavy (non-hydrogen) atoms. The van der Waals surface area contributed by atoms with Crippen LogP contribution < -0.4 is 15.8 Å². The fourth-order valence-corrected chi connectivity index (χ4v) is 3.50. The summed E-state index contributed by atoms with van der Waals surface area (Å²) >= 11 is 0. The van der Waals surface area contributed by atoms with Gasteiger partial charge < -0.3 is 15.8 Å². The SMILES string of the molecule is CC(F)Oc1ccc(Nc2nc(N)cc(-n3c(C4CC4)nc4cc(F)c(F)cc43)n2)cc1. The molecule has 3 N–H and O–H groups in total. The van der Waals surface area contributed by atoms with Gasteiger partial charge in [-0.3, -0.25) is 4.57 Å². The second kappa shape index (κ2) is 7.70. The van der Waals surface area contributed by atoms with Gasteiger partial charge in [0.05, 0.1) is 11.0 Å². The van der Waals surface area contributed by atoms with E-state index in [9.17, 15) is 13.2 Å². The van der Waals surface area contributed by atoms with E-state index in [0.29, 0.717) is 34.1 Å². The Bertz CT molecular complexity index is 1300. The Kier molecular flexibility index (Phi) is 4.84. The minimum atomic E-state index is -1.42. The molecule has 0 aliphatic heterocycles. The van der Waals surface area contributed by atoms with Crippen molar-refractivity contribution < 1.29 is 17.9 Å². The number of fused-ring (bicyclic) bond motifs is 1. The molecule has 1 aliphatic rings. The first-order chi connectivity index (χ1) is 15.4. The van der Waals surface area contributed by atoms with Gasteiger partial charge in [-0.2, -0.15) is 9.97 Å². The van der Waals surface area contributed by atoms with Crippen LogP contribution in [0.15, 0.2) is 42.5 Å². The van der Waals surface area contributed by atoms with Crippen molar-refractivity contribution in [2.24, 2.45) is 0 Å². The minimum Gasteiger partial charge on any atom is -0.461 e. The van der Waals surface area contributed by atoms with E-state index in [0.717, 1.165) is 25.0 Å². The molecule has 2 heterocycles. The third kappa shape index (κ3) is 3.91. The molecule has 5 rings (SSSR count). The van der Waals surface area contributed by atoms with E-state index in [1.807, 2.05) is 0 Å². The number of hydrogen-bond donors (Lipinski definition) is 2. The van der Waals surface area contributed by atoms with Gasteiger partial charge in [0.1, 0.15) is 23.2 Å². The van der Waals surface area contributed by atoms with Crippen LogP contribution in [0.3, 0.4) is 0 Å². The predicted molar refractivity (Wildman–Crippen MR) is 114 cm³/mol. The van der Waals surface area contributed by atoms with E-state index < -0.39 is 18.0 Å². The molecule has 2 aromatic heterocycles. The number of ether oxygens (including phenoxy) is 1. The average Bonchev–Trinajstić information content (AvgIpc) is 3.51. The van der Waals surface area contributed by atoms with Crippen molar-refractivity contribution in [3.8, 4) is 11.6 Å². The van der Waals surface area contributed by atoms with Gasteiger partial charge in [-0.15, -0.1) is 0 Å². The molecule has 7 nitrogen and oxygen atoms in total. The molecule has 2 aromatic carbocycles. The van der Waals surface area contributed by atoms with Crippen LogP contribution in [0.2, 0.25) is 0 Å². The van der Waals surface area contributed by atoms with Gasteiger partial charge in [-0.1, -0.05) is 0 Å². The molecule has 0 radical (unpaired) electrons. The van der Waals surface area contributed by atoms with E-state index in [4.69, 9.17) is 10.5 Å². The number of nitrogen functional groups attached to an aromatic ring is 1. The van der Waals surface area contributed by atoms with Crippen molar-refractivity contribution in [3.05, 3.63) is 59.9 Å². The number of aromatic nitrogens is 4. The van der Waals surface area contributed by atoms with Gasteiger partial charge in [0.2, 0.25) is 12.3 Å². The first kappa shape index (κ1) is 20.1. The maximum absolute atomic E-state index is 14.0. The first-order valence-electron chi connectivity index (χ1n) is 10.1. The summed E-state index contributed by atoms with van der Waals surface area (Å²) in [4.78, 5) is 13.3. The quantitative estimate of drug-likeness (QED) is 0.439. The lowest BCUT2D eigenvalue weighted by atomic mass is 10.3. The Balaban J connectivity index is 1.54. The normalized spacial score (nSPS) is 14.5. The van der Waals surface area contributed by atoms with Gasteiger partial charge in [-0.25, -0.2) is 18.2 Å². The lowest BCUT2D eigenvalue weighted by molar-refractivity contribution is 0.0861. The Labute approximate surface area is 181 Å². The summed E-state index contributed by atoms with van der Waals surface area (Å²) in [6, 6.07) is 10.3. The maximum atomic E-state index is 14.0. The van der Waals surface area contributed by atoms with Crippen molar-refractivity contribution >= 4 is 28.5 Å². The van der Waals surface area contributed by atoms with Crippen LogP contribution in [0.4, 0.5) is 30.6 Å². The van der Waals surface area contributed by atoms with Crippen molar-refractivity contribution in [2.75, 3.05) is 11.1 Å². The van der Waals surface area contributed by atoms with Gasteiger partial charge in [-0.05, 0) is 37.1 Å². The lowest BCUT2D eigenvalue weighted by Gasteiger charge is -2.12. The zero-order chi connectivity index (χ0) is 22.4. The molecule has 1 unspecified atom stereocenters. The summed E-state index contributed by atoms with van der Waals surface area (Å²) in [5.74, 6) is 0.112. The zero-order valence-corrected chi connectivity index (χ0v) is 17.0. The first-order valence-corrected chi connectivity index (χ1v) is 10.1. The molecular weight excluding hydrogens is 421 g/mol. The molecule has 1 saturated carbocycles. The number of hydrogen-bond acceptors (Lipinski definition) is 6. The minimum absolute atomic E-state index is 0.187. The predicted octanol–water partition coefficient (Wildman–Crippen LogP) is 4.99. The Morgan fingerprint density at radius 2 is 1.78 bits per heavy atom. The lowest BCUT2D eigenvalue weighted by Crippen LogP contribution is -2.08. The van der Waals surface area contributed by atoms with Crippen molar-refractivity contribution in [1.29, 1.82) is 0 Å². The second-order valence-electron chi connectivity index (χ2n) is 7.62. The van der Waals surface area contributed by atoms with E-state index >= 15 is 0 Å². The average molecular weight is 440 g/mol. The van der Waals surface area contributed by atoms with Crippen molar-refractivity contribution in [3.63, 3.8) is 0 Å². The summed E-state index contributed by atoms with van der Waals surface area (Å²) in [7, 11) is 0. The summed E-state index contributed by atoms with van der Waals surface area (Å²) < 4.78 is 47.4. The number of nitrogens with one attached hydrogen (secondary N) is 1. The van der Waals surface area contributed by atoms with Gasteiger partial charge in [0, 0.05) is 36.7 Å². The standard InChI is InChI=1S/C22H19F3N6O/c1-11(23)32-14-6-4-13(5-7-14)27-22-29-19(26)10-20(30-22)31-18-9-16(25)15(24)8-17(18)28-21(31)12-2-3-12/h4-12H,2-3H2,1H3,(H3,26,27,29,30). The largest absolute Gasteiger partial charge is 0.461 e. The molecule has 164 valence electrons. The molecule has 0 saturated heterocycles. The fourth-order valence-electron chi connectivity index (χ4n) is 3.50. The van der Waals surface area contributed by atoms with E-state index in [2.05, 4.69) is 20.3 Å². The number of benzene rings is 2. The third-order valence-corrected chi connectivity index (χ3v) is 5.04. The molecule has 1 atom stereocenters. The Hall–Kier alpha value is -3.82. The summed E-state index contributed by atoms with van der Waals surface area (Å²) in [5.41, 5.74) is 7.39. The van der Waals surface area contributed by atoms with Crippen LogP contribution >= 0.6 is 0 Å². The van der Waals surface area contributed by atoms with Crippen LogP contribution in [0.25, 0.3) is 16.9 Å². The molecular formula is C22H19F3N6O. The Morgan fingerprint density at radius 1 is 1.06 bits per heavy atom. The Morgan fingerprint density at radius 3 is 2.47 bits per heavy atom. The molecule has 1 aliphatic carbocycles. The van der Waals surface area contributed by atoms with Gasteiger partial charge in [0.25, 0.3) is 0 Å². The van der Waals surface area contributed by atoms with Gasteiger partial charge >= 0.3 is 0 Å². The molecule has 10 heteroatoms. The highest BCUT2D eigenvalue weighted by Crippen LogP contribution is 2.42. The van der Waals surface area contributed by atoms with E-state index in [-0.39, 0.29) is 17.7 Å². The second-order valence-corrected chi connectivity index (χ2v) is 7.62. The molecule has 0 bridgehead atoms. The highest BCUT2D eigenvalue weighted by molar-refractivity contribution is 5.79. The third-order valence-electron chi connectivity index (χ3n) is 5.04. The molecule has 4 aromatic rings. The van der Waals surface area contributed by atoms with Crippen LogP contribution in [-0.4, -0.2) is 25.9 Å². The van der Waals surface area contributed by atoms with Crippen LogP contribution in [0.5, 0.6) is 5.75 Å². The van der Waals surface area contributed by atoms with Crippen LogP contribution in [-0.2, 0) is 0 Å². The highest BCUT2D eigenvalue weighted by Gasteiger charge is 2.31. The number of halogens is 3. The van der Waals surface area contributed by atoms with Crippen molar-refractivity contribution in [2.45, 2.75) is 32.0 Å². The highest BCUT2D eigenvalue weighted by atomic mass is 19.2. The van der Waals surface area contributed by atoms with Crippen LogP contribution in [0, 0.1) is 11.6 Å². The zero-order valence-electron chi connectivity index (χ0n) is 17.0. The number of anilines is 3. The summed E-state index contributed by atoms with van der Waals surface area (Å²) in [6.45, 7) is 1.30. The monoisotopic (exact) mass is 440 g/mol. The summed E-state index contributed by atoms with van der Waals surface area (Å²) in [5, 5.41) is 3.04. The summed E-state index contributed by atoms with van der Waals surface area (Å²) in [6.07, 6.45) is 0.454. The van der Waals surface area contributed by atoms with E-state index in [1.165, 1.54) is 6.92 Å². The van der Waals surface area contributed by atoms with Crippen LogP contribution in [0.1, 0.15) is 31.5 Å². The molecule has 0 spiro atoms. The number of nitrogens with zero attached hydrogens (tertiary/aromatic N) is 4. The topological polar surface area (TPSA) is 90.9 Å².